The van der Waals surface area contributed by atoms with Crippen LogP contribution in [0.3, 0.4) is 0 Å². The molecule has 0 aromatic carbocycles. The predicted molar refractivity (Wildman–Crippen MR) is 78.4 cm³/mol. The summed E-state index contributed by atoms with van der Waals surface area (Å²) in [6.45, 7) is 8.28. The minimum Gasteiger partial charge on any atom is -0.304 e. The van der Waals surface area contributed by atoms with Crippen molar-refractivity contribution in [3.8, 4) is 0 Å². The summed E-state index contributed by atoms with van der Waals surface area (Å²) >= 11 is 0. The maximum absolute atomic E-state index is 4.39. The van der Waals surface area contributed by atoms with Crippen LogP contribution < -0.4 is 0 Å². The van der Waals surface area contributed by atoms with Gasteiger partial charge in [-0.15, -0.1) is 0 Å². The van der Waals surface area contributed by atoms with Crippen molar-refractivity contribution in [1.29, 1.82) is 0 Å². The third-order valence-corrected chi connectivity index (χ3v) is 4.01. The van der Waals surface area contributed by atoms with Gasteiger partial charge in [-0.05, 0) is 37.4 Å². The molecule has 0 saturated carbocycles. The minimum absolute atomic E-state index is 0.644. The van der Waals surface area contributed by atoms with Crippen molar-refractivity contribution in [2.45, 2.75) is 32.6 Å². The Morgan fingerprint density at radius 2 is 2.26 bits per heavy atom. The second kappa shape index (κ2) is 5.33. The molecule has 1 fully saturated rings. The highest BCUT2D eigenvalue weighted by Gasteiger charge is 2.23. The molecular formula is C16H23N3. The van der Waals surface area contributed by atoms with Crippen LogP contribution in [-0.4, -0.2) is 33.9 Å². The summed E-state index contributed by atoms with van der Waals surface area (Å²) in [5.74, 6) is 1.40. The number of likely N-dealkylation sites (tertiary alicyclic amines) is 1. The number of pyridine rings is 1. The van der Waals surface area contributed by atoms with Gasteiger partial charge >= 0.3 is 0 Å². The van der Waals surface area contributed by atoms with E-state index in [2.05, 4.69) is 52.5 Å². The van der Waals surface area contributed by atoms with Gasteiger partial charge in [0.2, 0.25) is 0 Å². The molecule has 3 nitrogen and oxygen atoms in total. The number of piperidine rings is 1. The lowest BCUT2D eigenvalue weighted by molar-refractivity contribution is 0.186. The second-order valence-corrected chi connectivity index (χ2v) is 6.10. The van der Waals surface area contributed by atoms with E-state index in [9.17, 15) is 0 Å². The van der Waals surface area contributed by atoms with Crippen LogP contribution in [0.25, 0.3) is 5.65 Å². The van der Waals surface area contributed by atoms with Crippen molar-refractivity contribution in [2.75, 3.05) is 19.6 Å². The molecule has 1 aliphatic rings. The van der Waals surface area contributed by atoms with Gasteiger partial charge in [-0.1, -0.05) is 19.9 Å². The summed E-state index contributed by atoms with van der Waals surface area (Å²) in [5.41, 5.74) is 2.49. The smallest absolute Gasteiger partial charge is 0.136 e. The third-order valence-electron chi connectivity index (χ3n) is 4.01. The maximum Gasteiger partial charge on any atom is 0.136 e. The number of rotatable bonds is 3. The Morgan fingerprint density at radius 1 is 1.37 bits per heavy atom. The molecule has 1 atom stereocenters. The monoisotopic (exact) mass is 257 g/mol. The van der Waals surface area contributed by atoms with Gasteiger partial charge in [0.15, 0.2) is 0 Å². The van der Waals surface area contributed by atoms with Crippen LogP contribution in [0.15, 0.2) is 30.6 Å². The van der Waals surface area contributed by atoms with Crippen LogP contribution >= 0.6 is 0 Å². The quantitative estimate of drug-likeness (QED) is 0.842. The van der Waals surface area contributed by atoms with Crippen molar-refractivity contribution in [1.82, 2.24) is 14.3 Å². The molecule has 19 heavy (non-hydrogen) atoms. The Hall–Kier alpha value is -1.35. The van der Waals surface area contributed by atoms with E-state index >= 15 is 0 Å². The first kappa shape index (κ1) is 12.7. The summed E-state index contributed by atoms with van der Waals surface area (Å²) in [6, 6.07) is 6.48. The van der Waals surface area contributed by atoms with E-state index in [0.717, 1.165) is 11.6 Å². The molecule has 3 rings (SSSR count). The highest BCUT2D eigenvalue weighted by Crippen LogP contribution is 2.27. The maximum atomic E-state index is 4.39. The van der Waals surface area contributed by atoms with Crippen molar-refractivity contribution in [2.24, 2.45) is 5.92 Å². The molecule has 1 saturated heterocycles. The number of hydrogen-bond donors (Lipinski definition) is 0. The van der Waals surface area contributed by atoms with Crippen LogP contribution in [0.4, 0.5) is 0 Å². The Bertz CT molecular complexity index is 544. The first-order valence-electron chi connectivity index (χ1n) is 7.38. The summed E-state index contributed by atoms with van der Waals surface area (Å²) in [7, 11) is 0. The normalized spacial score (nSPS) is 21.3. The standard InChI is InChI=1S/C16H23N3/c1-13(2)11-18-9-4-5-14(12-18)15-6-3-7-16-17-8-10-19(15)16/h3,6-8,10,13-14H,4-5,9,11-12H2,1-2H3. The molecule has 3 heterocycles. The lowest BCUT2D eigenvalue weighted by atomic mass is 9.93. The highest BCUT2D eigenvalue weighted by atomic mass is 15.1. The average Bonchev–Trinajstić information content (AvgIpc) is 2.86. The van der Waals surface area contributed by atoms with E-state index in [1.807, 2.05) is 6.20 Å². The van der Waals surface area contributed by atoms with Crippen LogP contribution in [0.1, 0.15) is 38.3 Å². The van der Waals surface area contributed by atoms with Gasteiger partial charge in [0, 0.05) is 37.1 Å². The fraction of sp³-hybridized carbons (Fsp3) is 0.562. The topological polar surface area (TPSA) is 20.5 Å². The fourth-order valence-corrected chi connectivity index (χ4v) is 3.28. The lowest BCUT2D eigenvalue weighted by Gasteiger charge is -2.34. The molecule has 2 aromatic heterocycles. The van der Waals surface area contributed by atoms with Gasteiger partial charge < -0.3 is 9.30 Å². The van der Waals surface area contributed by atoms with Crippen molar-refractivity contribution < 1.29 is 0 Å². The summed E-state index contributed by atoms with van der Waals surface area (Å²) in [5, 5.41) is 0. The number of aromatic nitrogens is 2. The van der Waals surface area contributed by atoms with Crippen molar-refractivity contribution >= 4 is 5.65 Å². The van der Waals surface area contributed by atoms with Crippen molar-refractivity contribution in [3.05, 3.63) is 36.3 Å². The van der Waals surface area contributed by atoms with Gasteiger partial charge in [0.1, 0.15) is 5.65 Å². The van der Waals surface area contributed by atoms with Gasteiger partial charge in [-0.2, -0.15) is 0 Å². The first-order chi connectivity index (χ1) is 9.24. The zero-order valence-corrected chi connectivity index (χ0v) is 11.9. The third kappa shape index (κ3) is 2.66. The Labute approximate surface area is 115 Å². The average molecular weight is 257 g/mol. The van der Waals surface area contributed by atoms with Crippen LogP contribution in [0.2, 0.25) is 0 Å². The van der Waals surface area contributed by atoms with Crippen LogP contribution in [0.5, 0.6) is 0 Å². The molecule has 0 amide bonds. The second-order valence-electron chi connectivity index (χ2n) is 6.10. The number of hydrogen-bond acceptors (Lipinski definition) is 2. The molecule has 0 bridgehead atoms. The van der Waals surface area contributed by atoms with Crippen LogP contribution in [0, 0.1) is 5.92 Å². The molecule has 1 aliphatic heterocycles. The van der Waals surface area contributed by atoms with E-state index in [1.54, 1.807) is 0 Å². The zero-order valence-electron chi connectivity index (χ0n) is 11.9. The molecule has 102 valence electrons. The molecule has 2 aromatic rings. The van der Waals surface area contributed by atoms with E-state index < -0.39 is 0 Å². The Balaban J connectivity index is 1.83. The SMILES string of the molecule is CC(C)CN1CCCC(c2cccc3nccn23)C1. The molecule has 0 radical (unpaired) electrons. The summed E-state index contributed by atoms with van der Waals surface area (Å²) < 4.78 is 2.25. The molecule has 0 spiro atoms. The summed E-state index contributed by atoms with van der Waals surface area (Å²) in [4.78, 5) is 7.01. The zero-order chi connectivity index (χ0) is 13.2. The first-order valence-corrected chi connectivity index (χ1v) is 7.38. The Morgan fingerprint density at radius 3 is 3.11 bits per heavy atom. The number of nitrogens with zero attached hydrogens (tertiary/aromatic N) is 3. The number of imidazole rings is 1. The number of fused-ring (bicyclic) bond motifs is 1. The predicted octanol–water partition coefficient (Wildman–Crippen LogP) is 3.17. The van der Waals surface area contributed by atoms with Crippen molar-refractivity contribution in [3.63, 3.8) is 0 Å². The van der Waals surface area contributed by atoms with Gasteiger partial charge in [0.05, 0.1) is 0 Å². The lowest BCUT2D eigenvalue weighted by Crippen LogP contribution is -2.37. The van der Waals surface area contributed by atoms with Gasteiger partial charge in [0.25, 0.3) is 0 Å². The van der Waals surface area contributed by atoms with E-state index in [0.29, 0.717) is 5.92 Å². The van der Waals surface area contributed by atoms with Crippen LogP contribution in [-0.2, 0) is 0 Å². The minimum atomic E-state index is 0.644. The molecular weight excluding hydrogens is 234 g/mol. The summed E-state index contributed by atoms with van der Waals surface area (Å²) in [6.07, 6.45) is 6.59. The van der Waals surface area contributed by atoms with E-state index in [-0.39, 0.29) is 0 Å². The highest BCUT2D eigenvalue weighted by molar-refractivity contribution is 5.40. The Kier molecular flexibility index (Phi) is 3.56. The van der Waals surface area contributed by atoms with E-state index in [4.69, 9.17) is 0 Å². The largest absolute Gasteiger partial charge is 0.304 e. The fourth-order valence-electron chi connectivity index (χ4n) is 3.28. The van der Waals surface area contributed by atoms with Gasteiger partial charge in [-0.25, -0.2) is 4.98 Å². The molecule has 0 aliphatic carbocycles. The molecule has 1 unspecified atom stereocenters. The van der Waals surface area contributed by atoms with Gasteiger partial charge in [-0.3, -0.25) is 0 Å². The molecule has 0 N–H and O–H groups in total. The van der Waals surface area contributed by atoms with E-state index in [1.165, 1.54) is 38.2 Å². The molecule has 3 heteroatoms.